The summed E-state index contributed by atoms with van der Waals surface area (Å²) in [5, 5.41) is 12.1. The molecule has 90 valence electrons. The van der Waals surface area contributed by atoms with Crippen molar-refractivity contribution in [2.45, 2.75) is 12.3 Å². The molecule has 0 amide bonds. The van der Waals surface area contributed by atoms with Crippen LogP contribution < -0.4 is 5.32 Å². The van der Waals surface area contributed by atoms with E-state index in [1.807, 2.05) is 30.5 Å². The number of hydrogen-bond acceptors (Lipinski definition) is 3. The van der Waals surface area contributed by atoms with Crippen molar-refractivity contribution in [1.82, 2.24) is 15.3 Å². The molecule has 1 saturated heterocycles. The number of nitrogens with one attached hydrogen (secondary N) is 2. The summed E-state index contributed by atoms with van der Waals surface area (Å²) < 4.78 is 0. The van der Waals surface area contributed by atoms with E-state index in [0.717, 1.165) is 36.6 Å². The Kier molecular flexibility index (Phi) is 2.83. The fourth-order valence-corrected chi connectivity index (χ4v) is 2.30. The van der Waals surface area contributed by atoms with Gasteiger partial charge < -0.3 is 10.3 Å². The molecule has 2 heterocycles. The van der Waals surface area contributed by atoms with Crippen molar-refractivity contribution >= 4 is 0 Å². The monoisotopic (exact) mass is 238 g/mol. The average molecular weight is 238 g/mol. The number of H-pyrrole nitrogens is 1. The minimum Gasteiger partial charge on any atom is -0.342 e. The number of nitrogens with zero attached hydrogens (tertiary/aromatic N) is 2. The lowest BCUT2D eigenvalue weighted by molar-refractivity contribution is 0.715. The second kappa shape index (κ2) is 4.63. The van der Waals surface area contributed by atoms with Gasteiger partial charge in [-0.3, -0.25) is 0 Å². The van der Waals surface area contributed by atoms with E-state index in [0.29, 0.717) is 11.5 Å². The Hall–Kier alpha value is -2.12. The number of imidazole rings is 1. The molecule has 1 atom stereocenters. The van der Waals surface area contributed by atoms with E-state index in [-0.39, 0.29) is 0 Å². The fraction of sp³-hybridized carbons (Fsp3) is 0.286. The van der Waals surface area contributed by atoms with Crippen LogP contribution in [-0.2, 0) is 0 Å². The molecule has 3 rings (SSSR count). The molecular formula is C14H14N4. The number of benzene rings is 1. The van der Waals surface area contributed by atoms with Gasteiger partial charge >= 0.3 is 0 Å². The molecule has 4 heteroatoms. The van der Waals surface area contributed by atoms with E-state index in [2.05, 4.69) is 21.4 Å². The molecule has 1 aromatic heterocycles. The minimum absolute atomic E-state index is 0.497. The summed E-state index contributed by atoms with van der Waals surface area (Å²) in [6.45, 7) is 2.07. The lowest BCUT2D eigenvalue weighted by Crippen LogP contribution is -2.08. The molecule has 1 fully saturated rings. The van der Waals surface area contributed by atoms with Gasteiger partial charge in [-0.2, -0.15) is 5.26 Å². The minimum atomic E-state index is 0.497. The summed E-state index contributed by atoms with van der Waals surface area (Å²) in [6.07, 6.45) is 3.01. The zero-order valence-electron chi connectivity index (χ0n) is 9.98. The van der Waals surface area contributed by atoms with E-state index >= 15 is 0 Å². The number of nitriles is 1. The maximum atomic E-state index is 8.77. The second-order valence-electron chi connectivity index (χ2n) is 4.56. The van der Waals surface area contributed by atoms with Crippen molar-refractivity contribution in [2.24, 2.45) is 0 Å². The maximum Gasteiger partial charge on any atom is 0.110 e. The Bertz CT molecular complexity index is 571. The zero-order valence-corrected chi connectivity index (χ0v) is 9.98. The number of hydrogen-bond donors (Lipinski definition) is 2. The highest BCUT2D eigenvalue weighted by Crippen LogP contribution is 2.23. The van der Waals surface area contributed by atoms with Gasteiger partial charge in [-0.15, -0.1) is 0 Å². The van der Waals surface area contributed by atoms with Gasteiger partial charge in [-0.1, -0.05) is 12.1 Å². The third kappa shape index (κ3) is 2.01. The lowest BCUT2D eigenvalue weighted by Gasteiger charge is -2.03. The van der Waals surface area contributed by atoms with E-state index in [9.17, 15) is 0 Å². The molecule has 1 aliphatic rings. The molecule has 0 aliphatic carbocycles. The van der Waals surface area contributed by atoms with Crippen LogP contribution in [0.25, 0.3) is 11.3 Å². The van der Waals surface area contributed by atoms with Crippen LogP contribution in [0.1, 0.15) is 23.7 Å². The molecule has 0 spiro atoms. The van der Waals surface area contributed by atoms with Crippen molar-refractivity contribution in [1.29, 1.82) is 5.26 Å². The summed E-state index contributed by atoms with van der Waals surface area (Å²) in [6, 6.07) is 9.67. The van der Waals surface area contributed by atoms with E-state index in [4.69, 9.17) is 5.26 Å². The van der Waals surface area contributed by atoms with Crippen LogP contribution >= 0.6 is 0 Å². The summed E-state index contributed by atoms with van der Waals surface area (Å²) in [5.74, 6) is 1.55. The van der Waals surface area contributed by atoms with Gasteiger partial charge in [-0.25, -0.2) is 4.98 Å². The summed E-state index contributed by atoms with van der Waals surface area (Å²) in [7, 11) is 0. The molecule has 1 aromatic carbocycles. The van der Waals surface area contributed by atoms with Crippen LogP contribution in [0.2, 0.25) is 0 Å². The molecule has 1 unspecified atom stereocenters. The van der Waals surface area contributed by atoms with Crippen LogP contribution in [0, 0.1) is 11.3 Å². The Morgan fingerprint density at radius 2 is 2.11 bits per heavy atom. The number of aromatic nitrogens is 2. The van der Waals surface area contributed by atoms with Gasteiger partial charge in [0.2, 0.25) is 0 Å². The Labute approximate surface area is 106 Å². The number of rotatable bonds is 2. The standard InChI is InChI=1S/C14H14N4/c15-7-10-1-3-11(4-2-10)13-9-17-14(18-13)12-5-6-16-8-12/h1-4,9,12,16H,5-6,8H2,(H,17,18). The summed E-state index contributed by atoms with van der Waals surface area (Å²) >= 11 is 0. The van der Waals surface area contributed by atoms with Crippen molar-refractivity contribution in [2.75, 3.05) is 13.1 Å². The first-order valence-corrected chi connectivity index (χ1v) is 6.13. The molecule has 1 aliphatic heterocycles. The summed E-state index contributed by atoms with van der Waals surface area (Å²) in [5.41, 5.74) is 2.76. The third-order valence-electron chi connectivity index (χ3n) is 3.37. The van der Waals surface area contributed by atoms with Crippen LogP contribution in [0.4, 0.5) is 0 Å². The van der Waals surface area contributed by atoms with Gasteiger partial charge in [0.05, 0.1) is 23.5 Å². The smallest absolute Gasteiger partial charge is 0.110 e. The third-order valence-corrected chi connectivity index (χ3v) is 3.37. The van der Waals surface area contributed by atoms with Crippen molar-refractivity contribution in [3.05, 3.63) is 41.9 Å². The molecule has 18 heavy (non-hydrogen) atoms. The summed E-state index contributed by atoms with van der Waals surface area (Å²) in [4.78, 5) is 7.83. The molecule has 0 saturated carbocycles. The Balaban J connectivity index is 1.85. The first-order valence-electron chi connectivity index (χ1n) is 6.13. The van der Waals surface area contributed by atoms with Gasteiger partial charge in [0.1, 0.15) is 5.82 Å². The van der Waals surface area contributed by atoms with Crippen LogP contribution in [0.5, 0.6) is 0 Å². The SMILES string of the molecule is N#Cc1ccc(-c2cnc(C3CCNC3)[nH]2)cc1. The van der Waals surface area contributed by atoms with Crippen LogP contribution in [-0.4, -0.2) is 23.1 Å². The molecule has 4 nitrogen and oxygen atoms in total. The quantitative estimate of drug-likeness (QED) is 0.841. The van der Waals surface area contributed by atoms with Gasteiger partial charge in [0.15, 0.2) is 0 Å². The highest BCUT2D eigenvalue weighted by Gasteiger charge is 2.19. The highest BCUT2D eigenvalue weighted by atomic mass is 15.0. The molecule has 2 N–H and O–H groups in total. The molecule has 0 radical (unpaired) electrons. The largest absolute Gasteiger partial charge is 0.342 e. The van der Waals surface area contributed by atoms with Crippen LogP contribution in [0.3, 0.4) is 0 Å². The predicted octanol–water partition coefficient (Wildman–Crippen LogP) is 2.03. The lowest BCUT2D eigenvalue weighted by atomic mass is 10.1. The zero-order chi connectivity index (χ0) is 12.4. The van der Waals surface area contributed by atoms with Gasteiger partial charge in [0, 0.05) is 12.5 Å². The first kappa shape index (κ1) is 11.0. The fourth-order valence-electron chi connectivity index (χ4n) is 2.30. The van der Waals surface area contributed by atoms with Gasteiger partial charge in [-0.05, 0) is 30.7 Å². The van der Waals surface area contributed by atoms with Crippen molar-refractivity contribution < 1.29 is 0 Å². The van der Waals surface area contributed by atoms with E-state index < -0.39 is 0 Å². The Morgan fingerprint density at radius 3 is 2.78 bits per heavy atom. The van der Waals surface area contributed by atoms with Crippen LogP contribution in [0.15, 0.2) is 30.5 Å². The van der Waals surface area contributed by atoms with E-state index in [1.165, 1.54) is 0 Å². The molecule has 2 aromatic rings. The average Bonchev–Trinajstić information content (AvgIpc) is 3.09. The highest BCUT2D eigenvalue weighted by molar-refractivity contribution is 5.59. The maximum absolute atomic E-state index is 8.77. The first-order chi connectivity index (χ1) is 8.86. The normalized spacial score (nSPS) is 18.7. The van der Waals surface area contributed by atoms with Crippen molar-refractivity contribution in [3.8, 4) is 17.3 Å². The van der Waals surface area contributed by atoms with Crippen molar-refractivity contribution in [3.63, 3.8) is 0 Å². The Morgan fingerprint density at radius 1 is 1.28 bits per heavy atom. The van der Waals surface area contributed by atoms with Gasteiger partial charge in [0.25, 0.3) is 0 Å². The molecular weight excluding hydrogens is 224 g/mol. The molecule has 0 bridgehead atoms. The van der Waals surface area contributed by atoms with E-state index in [1.54, 1.807) is 0 Å². The predicted molar refractivity (Wildman–Crippen MR) is 69.0 cm³/mol. The topological polar surface area (TPSA) is 64.5 Å². The number of aromatic amines is 1. The second-order valence-corrected chi connectivity index (χ2v) is 4.56.